The molecule has 0 aliphatic heterocycles. The number of hydrogen-bond acceptors (Lipinski definition) is 1. The van der Waals surface area contributed by atoms with Crippen molar-refractivity contribution < 1.29 is 0 Å². The zero-order chi connectivity index (χ0) is 12.6. The Kier molecular flexibility index (Phi) is 7.53. The first-order valence-electron chi connectivity index (χ1n) is 6.03. The first kappa shape index (κ1) is 14.9. The number of allylic oxidation sites excluding steroid dienone is 6. The molecule has 1 atom stereocenters. The Morgan fingerprint density at radius 1 is 1.25 bits per heavy atom. The van der Waals surface area contributed by atoms with Gasteiger partial charge >= 0.3 is 0 Å². The lowest BCUT2D eigenvalue weighted by atomic mass is 9.93. The van der Waals surface area contributed by atoms with Gasteiger partial charge in [0.15, 0.2) is 0 Å². The van der Waals surface area contributed by atoms with Crippen molar-refractivity contribution in [2.24, 2.45) is 10.9 Å². The minimum Gasteiger partial charge on any atom is -0.293 e. The van der Waals surface area contributed by atoms with Gasteiger partial charge in [-0.15, -0.1) is 0 Å². The topological polar surface area (TPSA) is 12.4 Å². The van der Waals surface area contributed by atoms with E-state index in [4.69, 9.17) is 0 Å². The van der Waals surface area contributed by atoms with Crippen LogP contribution < -0.4 is 0 Å². The minimum absolute atomic E-state index is 0.449. The van der Waals surface area contributed by atoms with Gasteiger partial charge < -0.3 is 0 Å². The Morgan fingerprint density at radius 3 is 2.25 bits per heavy atom. The van der Waals surface area contributed by atoms with Gasteiger partial charge in [-0.05, 0) is 44.8 Å². The molecular formula is C15H25N. The molecule has 0 N–H and O–H groups in total. The van der Waals surface area contributed by atoms with Gasteiger partial charge in [0.1, 0.15) is 0 Å². The molecule has 1 heteroatoms. The third-order valence-electron chi connectivity index (χ3n) is 2.92. The van der Waals surface area contributed by atoms with Crippen LogP contribution in [0, 0.1) is 5.92 Å². The third-order valence-corrected chi connectivity index (χ3v) is 2.92. The summed E-state index contributed by atoms with van der Waals surface area (Å²) in [5, 5.41) is 0. The second-order valence-electron chi connectivity index (χ2n) is 3.93. The molecule has 0 fully saturated rings. The fourth-order valence-electron chi connectivity index (χ4n) is 1.73. The van der Waals surface area contributed by atoms with Crippen molar-refractivity contribution in [2.45, 2.75) is 41.0 Å². The average Bonchev–Trinajstić information content (AvgIpc) is 2.31. The van der Waals surface area contributed by atoms with Crippen molar-refractivity contribution in [1.82, 2.24) is 0 Å². The monoisotopic (exact) mass is 219 g/mol. The quantitative estimate of drug-likeness (QED) is 0.474. The molecule has 1 unspecified atom stereocenters. The lowest BCUT2D eigenvalue weighted by molar-refractivity contribution is 0.868. The molecule has 0 aromatic rings. The summed E-state index contributed by atoms with van der Waals surface area (Å²) < 4.78 is 0. The Bertz CT molecular complexity index is 316. The standard InChI is InChI=1S/C15H25N/c1-7-12(4)15(9-3)13(5)10-11-14(8-2)16-6/h7,9-11,13H,8H2,1-6H3/b11-10-,12-7-,15-9+,16-14?. The lowest BCUT2D eigenvalue weighted by Crippen LogP contribution is -1.99. The maximum atomic E-state index is 4.22. The van der Waals surface area contributed by atoms with Crippen molar-refractivity contribution in [1.29, 1.82) is 0 Å². The molecule has 0 rings (SSSR count). The van der Waals surface area contributed by atoms with Crippen molar-refractivity contribution in [3.05, 3.63) is 35.5 Å². The van der Waals surface area contributed by atoms with Crippen LogP contribution in [0.15, 0.2) is 40.4 Å². The molecule has 0 aliphatic rings. The van der Waals surface area contributed by atoms with Crippen molar-refractivity contribution in [3.8, 4) is 0 Å². The predicted octanol–water partition coefficient (Wildman–Crippen LogP) is 4.57. The molecule has 0 spiro atoms. The van der Waals surface area contributed by atoms with Crippen LogP contribution in [0.4, 0.5) is 0 Å². The number of hydrogen-bond donors (Lipinski definition) is 0. The fourth-order valence-corrected chi connectivity index (χ4v) is 1.73. The van der Waals surface area contributed by atoms with E-state index in [2.05, 4.69) is 63.9 Å². The Hall–Kier alpha value is -1.11. The zero-order valence-corrected chi connectivity index (χ0v) is 11.5. The highest BCUT2D eigenvalue weighted by Gasteiger charge is 2.05. The maximum absolute atomic E-state index is 4.22. The first-order valence-corrected chi connectivity index (χ1v) is 6.03. The summed E-state index contributed by atoms with van der Waals surface area (Å²) in [6.45, 7) is 10.7. The molecule has 16 heavy (non-hydrogen) atoms. The van der Waals surface area contributed by atoms with Gasteiger partial charge in [0.05, 0.1) is 0 Å². The summed E-state index contributed by atoms with van der Waals surface area (Å²) in [5.41, 5.74) is 3.90. The van der Waals surface area contributed by atoms with Crippen LogP contribution in [0.2, 0.25) is 0 Å². The van der Waals surface area contributed by atoms with E-state index in [-0.39, 0.29) is 0 Å². The summed E-state index contributed by atoms with van der Waals surface area (Å²) in [6, 6.07) is 0. The molecule has 0 saturated heterocycles. The van der Waals surface area contributed by atoms with Gasteiger partial charge in [-0.25, -0.2) is 0 Å². The van der Waals surface area contributed by atoms with Gasteiger partial charge in [0.2, 0.25) is 0 Å². The third kappa shape index (κ3) is 4.61. The zero-order valence-electron chi connectivity index (χ0n) is 11.5. The highest BCUT2D eigenvalue weighted by atomic mass is 14.7. The molecule has 0 aromatic carbocycles. The molecule has 0 heterocycles. The minimum atomic E-state index is 0.449. The molecule has 0 saturated carbocycles. The average molecular weight is 219 g/mol. The maximum Gasteiger partial charge on any atom is 0.0339 e. The number of aliphatic imine (C=N–C) groups is 1. The Labute approximate surface area is 101 Å². The van der Waals surface area contributed by atoms with E-state index in [1.807, 2.05) is 7.05 Å². The first-order chi connectivity index (χ1) is 7.60. The van der Waals surface area contributed by atoms with E-state index in [9.17, 15) is 0 Å². The normalized spacial score (nSPS) is 17.0. The largest absolute Gasteiger partial charge is 0.293 e. The second kappa shape index (κ2) is 8.09. The highest BCUT2D eigenvalue weighted by Crippen LogP contribution is 2.20. The van der Waals surface area contributed by atoms with Gasteiger partial charge in [0, 0.05) is 12.8 Å². The smallest absolute Gasteiger partial charge is 0.0339 e. The van der Waals surface area contributed by atoms with Gasteiger partial charge in [-0.2, -0.15) is 0 Å². The number of rotatable bonds is 5. The van der Waals surface area contributed by atoms with Crippen LogP contribution in [0.25, 0.3) is 0 Å². The highest BCUT2D eigenvalue weighted by molar-refractivity contribution is 5.94. The molecule has 0 aliphatic carbocycles. The van der Waals surface area contributed by atoms with Crippen LogP contribution in [0.1, 0.15) is 41.0 Å². The van der Waals surface area contributed by atoms with Crippen molar-refractivity contribution in [2.75, 3.05) is 7.05 Å². The molecule has 90 valence electrons. The summed E-state index contributed by atoms with van der Waals surface area (Å²) in [4.78, 5) is 4.22. The van der Waals surface area contributed by atoms with E-state index >= 15 is 0 Å². The van der Waals surface area contributed by atoms with Crippen molar-refractivity contribution in [3.63, 3.8) is 0 Å². The lowest BCUT2D eigenvalue weighted by Gasteiger charge is -2.12. The van der Waals surface area contributed by atoms with Crippen LogP contribution in [-0.2, 0) is 0 Å². The molecule has 0 bridgehead atoms. The summed E-state index contributed by atoms with van der Waals surface area (Å²) in [6.07, 6.45) is 9.71. The predicted molar refractivity (Wildman–Crippen MR) is 75.1 cm³/mol. The van der Waals surface area contributed by atoms with Crippen LogP contribution >= 0.6 is 0 Å². The van der Waals surface area contributed by atoms with E-state index in [1.165, 1.54) is 11.1 Å². The molecule has 0 radical (unpaired) electrons. The van der Waals surface area contributed by atoms with E-state index < -0.39 is 0 Å². The van der Waals surface area contributed by atoms with Crippen LogP contribution in [0.5, 0.6) is 0 Å². The summed E-state index contributed by atoms with van der Waals surface area (Å²) in [7, 11) is 1.85. The van der Waals surface area contributed by atoms with Gasteiger partial charge in [-0.1, -0.05) is 37.6 Å². The van der Waals surface area contributed by atoms with Gasteiger partial charge in [-0.3, -0.25) is 4.99 Å². The Morgan fingerprint density at radius 2 is 1.88 bits per heavy atom. The van der Waals surface area contributed by atoms with E-state index in [0.29, 0.717) is 5.92 Å². The molecule has 1 nitrogen and oxygen atoms in total. The van der Waals surface area contributed by atoms with Crippen LogP contribution in [0.3, 0.4) is 0 Å². The summed E-state index contributed by atoms with van der Waals surface area (Å²) >= 11 is 0. The van der Waals surface area contributed by atoms with E-state index in [1.54, 1.807) is 0 Å². The Balaban J connectivity index is 4.75. The van der Waals surface area contributed by atoms with Gasteiger partial charge in [0.25, 0.3) is 0 Å². The second-order valence-corrected chi connectivity index (χ2v) is 3.93. The molecule has 0 amide bonds. The van der Waals surface area contributed by atoms with Crippen molar-refractivity contribution >= 4 is 5.71 Å². The van der Waals surface area contributed by atoms with E-state index in [0.717, 1.165) is 12.1 Å². The molecule has 0 aromatic heterocycles. The SMILES string of the molecule is C/C=C(C)\C(=C/C)C(C)/C=C\C(CC)=NC. The summed E-state index contributed by atoms with van der Waals surface area (Å²) in [5.74, 6) is 0.449. The number of nitrogens with zero attached hydrogens (tertiary/aromatic N) is 1. The molecular weight excluding hydrogens is 194 g/mol. The van der Waals surface area contributed by atoms with Crippen LogP contribution in [-0.4, -0.2) is 12.8 Å². The fraction of sp³-hybridized carbons (Fsp3) is 0.533.